The van der Waals surface area contributed by atoms with E-state index in [0.717, 1.165) is 25.3 Å². The lowest BCUT2D eigenvalue weighted by atomic mass is 10.1. The minimum Gasteiger partial charge on any atom is -0.494 e. The Hall–Kier alpha value is -1.06. The van der Waals surface area contributed by atoms with Gasteiger partial charge in [-0.1, -0.05) is 64.7 Å². The SMILES string of the molecule is CCCCCCCCCCCCOc1ccc(C[N+](C)(C)N)cc1. The van der Waals surface area contributed by atoms with Gasteiger partial charge in [-0.15, -0.1) is 0 Å². The average Bonchev–Trinajstić information content (AvgIpc) is 2.53. The molecule has 1 aromatic rings. The summed E-state index contributed by atoms with van der Waals surface area (Å²) in [6.07, 6.45) is 13.6. The third kappa shape index (κ3) is 11.5. The van der Waals surface area contributed by atoms with Crippen LogP contribution in [0.25, 0.3) is 0 Å². The van der Waals surface area contributed by atoms with Crippen LogP contribution in [0.2, 0.25) is 0 Å². The first kappa shape index (κ1) is 21.0. The highest BCUT2D eigenvalue weighted by atomic mass is 16.5. The van der Waals surface area contributed by atoms with E-state index in [1.165, 1.54) is 63.4 Å². The number of unbranched alkanes of at least 4 members (excludes halogenated alkanes) is 9. The molecule has 0 spiro atoms. The third-order valence-electron chi connectivity index (χ3n) is 4.28. The fourth-order valence-electron chi connectivity index (χ4n) is 2.94. The molecule has 0 saturated heterocycles. The van der Waals surface area contributed by atoms with Crippen LogP contribution in [0.5, 0.6) is 5.75 Å². The van der Waals surface area contributed by atoms with Crippen molar-refractivity contribution in [3.05, 3.63) is 29.8 Å². The number of benzene rings is 1. The highest BCUT2D eigenvalue weighted by molar-refractivity contribution is 5.26. The summed E-state index contributed by atoms with van der Waals surface area (Å²) in [4.78, 5) is 0. The molecular formula is C21H39N2O+. The van der Waals surface area contributed by atoms with Gasteiger partial charge in [-0.2, -0.15) is 5.84 Å². The second kappa shape index (κ2) is 12.3. The molecule has 1 rings (SSSR count). The van der Waals surface area contributed by atoms with Gasteiger partial charge >= 0.3 is 0 Å². The lowest BCUT2D eigenvalue weighted by molar-refractivity contribution is -0.915. The highest BCUT2D eigenvalue weighted by Gasteiger charge is 2.09. The fourth-order valence-corrected chi connectivity index (χ4v) is 2.94. The van der Waals surface area contributed by atoms with Gasteiger partial charge in [0.2, 0.25) is 0 Å². The van der Waals surface area contributed by atoms with Gasteiger partial charge in [-0.3, -0.25) is 0 Å². The number of rotatable bonds is 14. The Bertz CT molecular complexity index is 409. The Kier molecular flexibility index (Phi) is 10.8. The van der Waals surface area contributed by atoms with E-state index in [4.69, 9.17) is 10.6 Å². The van der Waals surface area contributed by atoms with Gasteiger partial charge in [0.05, 0.1) is 20.7 Å². The predicted molar refractivity (Wildman–Crippen MR) is 104 cm³/mol. The van der Waals surface area contributed by atoms with Crippen molar-refractivity contribution >= 4 is 0 Å². The molecule has 0 fully saturated rings. The predicted octanol–water partition coefficient (Wildman–Crippen LogP) is 5.44. The summed E-state index contributed by atoms with van der Waals surface area (Å²) in [5.74, 6) is 6.96. The van der Waals surface area contributed by atoms with Crippen LogP contribution in [0.4, 0.5) is 0 Å². The van der Waals surface area contributed by atoms with E-state index in [1.54, 1.807) is 0 Å². The van der Waals surface area contributed by atoms with Crippen LogP contribution >= 0.6 is 0 Å². The molecule has 0 aromatic heterocycles. The summed E-state index contributed by atoms with van der Waals surface area (Å²) in [6, 6.07) is 8.34. The summed E-state index contributed by atoms with van der Waals surface area (Å²) in [5.41, 5.74) is 1.24. The topological polar surface area (TPSA) is 35.2 Å². The Labute approximate surface area is 149 Å². The molecule has 2 N–H and O–H groups in total. The van der Waals surface area contributed by atoms with Crippen molar-refractivity contribution in [1.82, 2.24) is 0 Å². The molecule has 0 radical (unpaired) electrons. The Morgan fingerprint density at radius 2 is 1.29 bits per heavy atom. The van der Waals surface area contributed by atoms with E-state index in [-0.39, 0.29) is 0 Å². The number of quaternary nitrogens is 1. The van der Waals surface area contributed by atoms with Crippen molar-refractivity contribution in [2.45, 2.75) is 77.7 Å². The zero-order valence-corrected chi connectivity index (χ0v) is 16.2. The quantitative estimate of drug-likeness (QED) is 0.213. The summed E-state index contributed by atoms with van der Waals surface area (Å²) in [7, 11) is 3.99. The molecule has 24 heavy (non-hydrogen) atoms. The largest absolute Gasteiger partial charge is 0.494 e. The maximum atomic E-state index is 5.99. The third-order valence-corrected chi connectivity index (χ3v) is 4.28. The van der Waals surface area contributed by atoms with E-state index >= 15 is 0 Å². The number of hydrogen-bond donors (Lipinski definition) is 1. The average molecular weight is 336 g/mol. The molecule has 3 heteroatoms. The van der Waals surface area contributed by atoms with E-state index in [2.05, 4.69) is 31.2 Å². The minimum atomic E-state index is 0.457. The molecule has 0 aliphatic heterocycles. The van der Waals surface area contributed by atoms with Gasteiger partial charge < -0.3 is 4.74 Å². The van der Waals surface area contributed by atoms with E-state index in [0.29, 0.717) is 4.59 Å². The first-order chi connectivity index (χ1) is 11.5. The van der Waals surface area contributed by atoms with Gasteiger partial charge in [-0.25, -0.2) is 4.59 Å². The molecule has 0 bridgehead atoms. The smallest absolute Gasteiger partial charge is 0.121 e. The van der Waals surface area contributed by atoms with Crippen LogP contribution in [0.1, 0.15) is 76.7 Å². The van der Waals surface area contributed by atoms with Crippen LogP contribution in [0.15, 0.2) is 24.3 Å². The van der Waals surface area contributed by atoms with Gasteiger partial charge in [0.25, 0.3) is 0 Å². The molecule has 0 heterocycles. The van der Waals surface area contributed by atoms with E-state index < -0.39 is 0 Å². The second-order valence-corrected chi connectivity index (χ2v) is 7.61. The second-order valence-electron chi connectivity index (χ2n) is 7.61. The van der Waals surface area contributed by atoms with Crippen molar-refractivity contribution in [3.8, 4) is 5.75 Å². The molecule has 1 aromatic carbocycles. The van der Waals surface area contributed by atoms with Crippen LogP contribution in [-0.2, 0) is 6.54 Å². The maximum Gasteiger partial charge on any atom is 0.121 e. The molecule has 0 aliphatic rings. The van der Waals surface area contributed by atoms with Gasteiger partial charge in [0, 0.05) is 5.56 Å². The summed E-state index contributed by atoms with van der Waals surface area (Å²) < 4.78 is 6.28. The van der Waals surface area contributed by atoms with Crippen molar-refractivity contribution in [2.24, 2.45) is 5.84 Å². The number of nitrogens with two attached hydrogens (primary N) is 1. The minimum absolute atomic E-state index is 0.457. The van der Waals surface area contributed by atoms with Crippen LogP contribution in [-0.4, -0.2) is 25.3 Å². The van der Waals surface area contributed by atoms with Crippen LogP contribution in [0, 0.1) is 0 Å². The summed E-state index contributed by atoms with van der Waals surface area (Å²) in [5, 5.41) is 0. The van der Waals surface area contributed by atoms with Crippen molar-refractivity contribution in [3.63, 3.8) is 0 Å². The van der Waals surface area contributed by atoms with E-state index in [9.17, 15) is 0 Å². The molecule has 138 valence electrons. The number of hydrogen-bond acceptors (Lipinski definition) is 2. The molecule has 0 saturated carbocycles. The lowest BCUT2D eigenvalue weighted by Crippen LogP contribution is -2.45. The van der Waals surface area contributed by atoms with Crippen molar-refractivity contribution in [1.29, 1.82) is 0 Å². The van der Waals surface area contributed by atoms with Crippen molar-refractivity contribution in [2.75, 3.05) is 20.7 Å². The van der Waals surface area contributed by atoms with E-state index in [1.807, 2.05) is 14.1 Å². The first-order valence-corrected chi connectivity index (χ1v) is 9.84. The van der Waals surface area contributed by atoms with Crippen molar-refractivity contribution < 1.29 is 9.33 Å². The number of ether oxygens (including phenoxy) is 1. The summed E-state index contributed by atoms with van der Waals surface area (Å²) >= 11 is 0. The maximum absolute atomic E-state index is 5.99. The Morgan fingerprint density at radius 3 is 1.79 bits per heavy atom. The number of nitrogens with zero attached hydrogens (tertiary/aromatic N) is 1. The van der Waals surface area contributed by atoms with Gasteiger partial charge in [-0.05, 0) is 30.7 Å². The van der Waals surface area contributed by atoms with Gasteiger partial charge in [0.15, 0.2) is 0 Å². The zero-order chi connectivity index (χ0) is 17.7. The van der Waals surface area contributed by atoms with Crippen LogP contribution in [0.3, 0.4) is 0 Å². The molecule has 0 amide bonds. The van der Waals surface area contributed by atoms with Gasteiger partial charge in [0.1, 0.15) is 12.3 Å². The highest BCUT2D eigenvalue weighted by Crippen LogP contribution is 2.15. The Morgan fingerprint density at radius 1 is 0.792 bits per heavy atom. The summed E-state index contributed by atoms with van der Waals surface area (Å²) in [6.45, 7) is 3.93. The molecule has 3 nitrogen and oxygen atoms in total. The zero-order valence-electron chi connectivity index (χ0n) is 16.2. The molecule has 0 unspecified atom stereocenters. The standard InChI is InChI=1S/C21H39N2O/c1-4-5-6-7-8-9-10-11-12-13-18-24-21-16-14-20(15-17-21)19-23(2,3)22/h14-17H,4-13,18-19,22H2,1-3H3/q+1. The molecule has 0 atom stereocenters. The first-order valence-electron chi connectivity index (χ1n) is 9.84. The lowest BCUT2D eigenvalue weighted by Gasteiger charge is -2.22. The molecule has 0 aliphatic carbocycles. The normalized spacial score (nSPS) is 11.7. The molecular weight excluding hydrogens is 296 g/mol. The monoisotopic (exact) mass is 335 g/mol. The van der Waals surface area contributed by atoms with Crippen LogP contribution < -0.4 is 10.6 Å². The fraction of sp³-hybridized carbons (Fsp3) is 0.714. The Balaban J connectivity index is 1.99.